The number of morpholine rings is 1. The number of rotatable bonds is 6. The van der Waals surface area contributed by atoms with Gasteiger partial charge >= 0.3 is 0 Å². The van der Waals surface area contributed by atoms with E-state index in [1.807, 2.05) is 5.32 Å². The summed E-state index contributed by atoms with van der Waals surface area (Å²) in [6, 6.07) is 1.92. The van der Waals surface area contributed by atoms with Crippen molar-refractivity contribution < 1.29 is 32.7 Å². The van der Waals surface area contributed by atoms with E-state index >= 15 is 0 Å². The van der Waals surface area contributed by atoms with Crippen molar-refractivity contribution in [2.45, 2.75) is 19.4 Å². The predicted octanol–water partition coefficient (Wildman–Crippen LogP) is -0.0841. The summed E-state index contributed by atoms with van der Waals surface area (Å²) < 4.78 is 31.9. The number of carbonyl (C=O) groups excluding carboxylic acids is 4. The van der Waals surface area contributed by atoms with Crippen LogP contribution in [0.2, 0.25) is 0 Å². The van der Waals surface area contributed by atoms with Crippen LogP contribution >= 0.6 is 0 Å². The highest BCUT2D eigenvalue weighted by Crippen LogP contribution is 2.31. The molecule has 1 aromatic carbocycles. The van der Waals surface area contributed by atoms with E-state index in [0.717, 1.165) is 13.0 Å². The number of ether oxygens (including phenoxy) is 1. The van der Waals surface area contributed by atoms with Gasteiger partial charge in [-0.05, 0) is 18.2 Å². The van der Waals surface area contributed by atoms with Gasteiger partial charge in [0.1, 0.15) is 6.61 Å². The van der Waals surface area contributed by atoms with E-state index in [2.05, 4.69) is 5.32 Å². The predicted molar refractivity (Wildman–Crippen MR) is 90.0 cm³/mol. The Hall–Kier alpha value is -3.08. The first kappa shape index (κ1) is 20.2. The first-order valence-corrected chi connectivity index (χ1v) is 7.88. The molecule has 0 bridgehead atoms. The van der Waals surface area contributed by atoms with Crippen molar-refractivity contribution in [2.24, 2.45) is 5.73 Å². The monoisotopic (exact) mass is 384 g/mol. The summed E-state index contributed by atoms with van der Waals surface area (Å²) >= 11 is 0. The molecule has 1 aromatic rings. The highest BCUT2D eigenvalue weighted by atomic mass is 19.3. The third-order valence-electron chi connectivity index (χ3n) is 3.72. The van der Waals surface area contributed by atoms with E-state index in [-0.39, 0.29) is 37.0 Å². The number of nitrogens with two attached hydrogens (primary N) is 1. The van der Waals surface area contributed by atoms with Crippen LogP contribution < -0.4 is 21.3 Å². The van der Waals surface area contributed by atoms with E-state index in [1.54, 1.807) is 0 Å². The number of carbonyl (C=O) groups is 4. The van der Waals surface area contributed by atoms with Crippen LogP contribution in [0.5, 0.6) is 0 Å². The fraction of sp³-hybridized carbons (Fsp3) is 0.375. The lowest BCUT2D eigenvalue weighted by molar-refractivity contribution is -0.132. The van der Waals surface area contributed by atoms with Gasteiger partial charge in [-0.2, -0.15) is 0 Å². The van der Waals surface area contributed by atoms with Crippen molar-refractivity contribution in [1.82, 2.24) is 5.32 Å². The molecule has 4 N–H and O–H groups in total. The number of nitrogens with zero attached hydrogens (tertiary/aromatic N) is 1. The molecular formula is C16H18F2N4O5. The SMILES string of the molecule is CC(=O)N[C@@H](C(N)=O)C(=O)Nc1ccc(N2CCOCC2=O)cc1C(F)F. The first-order valence-electron chi connectivity index (χ1n) is 7.88. The second-order valence-electron chi connectivity index (χ2n) is 5.70. The maximum atomic E-state index is 13.5. The molecule has 0 saturated carbocycles. The molecule has 0 aliphatic carbocycles. The normalized spacial score (nSPS) is 15.4. The van der Waals surface area contributed by atoms with Gasteiger partial charge < -0.3 is 26.0 Å². The fourth-order valence-corrected chi connectivity index (χ4v) is 2.48. The molecular weight excluding hydrogens is 366 g/mol. The second-order valence-corrected chi connectivity index (χ2v) is 5.70. The zero-order valence-electron chi connectivity index (χ0n) is 14.3. The summed E-state index contributed by atoms with van der Waals surface area (Å²) in [5.41, 5.74) is 4.47. The number of primary amides is 1. The van der Waals surface area contributed by atoms with Crippen LogP contribution in [-0.4, -0.2) is 49.4 Å². The largest absolute Gasteiger partial charge is 0.370 e. The van der Waals surface area contributed by atoms with E-state index < -0.39 is 35.8 Å². The van der Waals surface area contributed by atoms with Gasteiger partial charge in [-0.15, -0.1) is 0 Å². The van der Waals surface area contributed by atoms with Crippen molar-refractivity contribution in [2.75, 3.05) is 30.0 Å². The van der Waals surface area contributed by atoms with Gasteiger partial charge in [0, 0.05) is 30.4 Å². The molecule has 146 valence electrons. The minimum absolute atomic E-state index is 0.153. The highest BCUT2D eigenvalue weighted by molar-refractivity contribution is 6.11. The van der Waals surface area contributed by atoms with Crippen LogP contribution in [0.3, 0.4) is 0 Å². The molecule has 1 heterocycles. The Kier molecular flexibility index (Phi) is 6.40. The quantitative estimate of drug-likeness (QED) is 0.590. The molecule has 9 nitrogen and oxygen atoms in total. The minimum atomic E-state index is -2.97. The number of halogens is 2. The number of alkyl halides is 2. The zero-order chi connectivity index (χ0) is 20.1. The molecule has 1 atom stereocenters. The van der Waals surface area contributed by atoms with Gasteiger partial charge in [0.2, 0.25) is 11.8 Å². The molecule has 0 radical (unpaired) electrons. The third kappa shape index (κ3) is 4.97. The number of amides is 4. The Morgan fingerprint density at radius 3 is 2.56 bits per heavy atom. The minimum Gasteiger partial charge on any atom is -0.370 e. The molecule has 0 spiro atoms. The van der Waals surface area contributed by atoms with E-state index in [4.69, 9.17) is 10.5 Å². The second kappa shape index (κ2) is 8.54. The summed E-state index contributed by atoms with van der Waals surface area (Å²) in [4.78, 5) is 47.7. The zero-order valence-corrected chi connectivity index (χ0v) is 14.3. The highest BCUT2D eigenvalue weighted by Gasteiger charge is 2.28. The van der Waals surface area contributed by atoms with E-state index in [9.17, 15) is 28.0 Å². The van der Waals surface area contributed by atoms with Crippen LogP contribution in [0.1, 0.15) is 18.9 Å². The van der Waals surface area contributed by atoms with Crippen LogP contribution in [0, 0.1) is 0 Å². The van der Waals surface area contributed by atoms with Gasteiger partial charge in [-0.3, -0.25) is 19.2 Å². The standard InChI is InChI=1S/C16H18F2N4O5/c1-8(23)20-13(15(19)25)16(26)21-11-3-2-9(6-10(11)14(17)18)22-4-5-27-7-12(22)24/h2-3,6,13-14H,4-5,7H2,1H3,(H2,19,25)(H,20,23)(H,21,26)/t13-/m0/s1. The number of hydrogen-bond donors (Lipinski definition) is 3. The summed E-state index contributed by atoms with van der Waals surface area (Å²) in [5, 5.41) is 4.19. The Morgan fingerprint density at radius 1 is 1.30 bits per heavy atom. The molecule has 27 heavy (non-hydrogen) atoms. The smallest absolute Gasteiger partial charge is 0.265 e. The average Bonchev–Trinajstić information content (AvgIpc) is 2.60. The number of nitrogens with one attached hydrogen (secondary N) is 2. The van der Waals surface area contributed by atoms with Crippen molar-refractivity contribution in [1.29, 1.82) is 0 Å². The van der Waals surface area contributed by atoms with Gasteiger partial charge in [-0.1, -0.05) is 0 Å². The van der Waals surface area contributed by atoms with Gasteiger partial charge in [-0.25, -0.2) is 8.78 Å². The van der Waals surface area contributed by atoms with Crippen molar-refractivity contribution in [3.05, 3.63) is 23.8 Å². The molecule has 1 aliphatic rings. The molecule has 1 saturated heterocycles. The van der Waals surface area contributed by atoms with Crippen LogP contribution in [0.25, 0.3) is 0 Å². The number of hydrogen-bond acceptors (Lipinski definition) is 5. The summed E-state index contributed by atoms with van der Waals surface area (Å²) in [6.07, 6.45) is -2.97. The molecule has 4 amide bonds. The molecule has 1 fully saturated rings. The Labute approximate surface area is 152 Å². The van der Waals surface area contributed by atoms with Crippen LogP contribution in [0.15, 0.2) is 18.2 Å². The topological polar surface area (TPSA) is 131 Å². The lowest BCUT2D eigenvalue weighted by Crippen LogP contribution is -2.51. The van der Waals surface area contributed by atoms with Crippen molar-refractivity contribution in [3.8, 4) is 0 Å². The van der Waals surface area contributed by atoms with Crippen molar-refractivity contribution in [3.63, 3.8) is 0 Å². The molecule has 0 unspecified atom stereocenters. The van der Waals surface area contributed by atoms with Crippen LogP contribution in [0.4, 0.5) is 20.2 Å². The van der Waals surface area contributed by atoms with Crippen LogP contribution in [-0.2, 0) is 23.9 Å². The molecule has 2 rings (SSSR count). The number of benzene rings is 1. The maximum Gasteiger partial charge on any atom is 0.265 e. The Morgan fingerprint density at radius 2 is 2.00 bits per heavy atom. The van der Waals surface area contributed by atoms with E-state index in [1.165, 1.54) is 17.0 Å². The average molecular weight is 384 g/mol. The Bertz CT molecular complexity index is 771. The molecule has 1 aliphatic heterocycles. The van der Waals surface area contributed by atoms with Gasteiger partial charge in [0.15, 0.2) is 6.04 Å². The summed E-state index contributed by atoms with van der Waals surface area (Å²) in [6.45, 7) is 1.40. The maximum absolute atomic E-state index is 13.5. The summed E-state index contributed by atoms with van der Waals surface area (Å²) in [5.74, 6) is -3.27. The molecule has 0 aromatic heterocycles. The lowest BCUT2D eigenvalue weighted by atomic mass is 10.1. The van der Waals surface area contributed by atoms with Crippen molar-refractivity contribution >= 4 is 35.0 Å². The summed E-state index contributed by atoms with van der Waals surface area (Å²) in [7, 11) is 0. The molecule has 11 heteroatoms. The fourth-order valence-electron chi connectivity index (χ4n) is 2.48. The van der Waals surface area contributed by atoms with Gasteiger partial charge in [0.05, 0.1) is 6.61 Å². The van der Waals surface area contributed by atoms with E-state index in [0.29, 0.717) is 0 Å². The number of anilines is 2. The lowest BCUT2D eigenvalue weighted by Gasteiger charge is -2.27. The Balaban J connectivity index is 2.28. The van der Waals surface area contributed by atoms with Gasteiger partial charge in [0.25, 0.3) is 18.2 Å². The third-order valence-corrected chi connectivity index (χ3v) is 3.72. The first-order chi connectivity index (χ1) is 12.7.